The van der Waals surface area contributed by atoms with E-state index in [4.69, 9.17) is 4.74 Å². The Morgan fingerprint density at radius 2 is 1.65 bits per heavy atom. The van der Waals surface area contributed by atoms with Crippen molar-refractivity contribution in [2.24, 2.45) is 17.3 Å². The molecule has 2 N–H and O–H groups in total. The Morgan fingerprint density at radius 3 is 2.04 bits per heavy atom. The highest BCUT2D eigenvalue weighted by Crippen LogP contribution is 2.32. The normalized spacial score (nSPS) is 22.3. The Bertz CT molecular complexity index is 545. The van der Waals surface area contributed by atoms with Crippen molar-refractivity contribution < 1.29 is 24.2 Å². The van der Waals surface area contributed by atoms with Crippen LogP contribution in [0.5, 0.6) is 0 Å². The number of rotatable bonds is 4. The number of alkyl carbamates (subject to hydrolysis) is 1. The maximum atomic E-state index is 13.2. The van der Waals surface area contributed by atoms with Gasteiger partial charge in [-0.1, -0.05) is 34.6 Å². The number of likely N-dealkylation sites (tertiary alicyclic amines) is 1. The highest BCUT2D eigenvalue weighted by atomic mass is 16.6. The molecule has 1 aliphatic heterocycles. The van der Waals surface area contributed by atoms with Gasteiger partial charge in [-0.25, -0.2) is 9.59 Å². The average Bonchev–Trinajstić information content (AvgIpc) is 2.86. The predicted octanol–water partition coefficient (Wildman–Crippen LogP) is 2.88. The lowest BCUT2D eigenvalue weighted by molar-refractivity contribution is -0.150. The van der Waals surface area contributed by atoms with Crippen LogP contribution < -0.4 is 5.32 Å². The van der Waals surface area contributed by atoms with Crippen LogP contribution in [0.15, 0.2) is 0 Å². The minimum absolute atomic E-state index is 0.127. The van der Waals surface area contributed by atoms with Gasteiger partial charge in [0.05, 0.1) is 0 Å². The van der Waals surface area contributed by atoms with Crippen LogP contribution in [0, 0.1) is 17.3 Å². The Hall–Kier alpha value is -1.79. The summed E-state index contributed by atoms with van der Waals surface area (Å²) < 4.78 is 5.27. The summed E-state index contributed by atoms with van der Waals surface area (Å²) in [5.41, 5.74) is -1.28. The van der Waals surface area contributed by atoms with Gasteiger partial charge in [0.2, 0.25) is 5.91 Å². The van der Waals surface area contributed by atoms with Gasteiger partial charge in [0.25, 0.3) is 0 Å². The second-order valence-corrected chi connectivity index (χ2v) is 9.53. The molecule has 0 saturated carbocycles. The minimum atomic E-state index is -1.01. The molecular formula is C19H34N2O5. The molecule has 1 aliphatic rings. The molecule has 1 rings (SSSR count). The number of hydrogen-bond donors (Lipinski definition) is 2. The Balaban J connectivity index is 3.04. The standard InChI is InChI=1S/C19H34N2O5/c1-11(2)12-9-13(16(23)24)21(10-12)15(22)14(18(3,4)5)20-17(25)26-19(6,7)8/h11-14H,9-10H2,1-8H3,(H,20,25)(H,23,24)/t12-,13-,14?/m0/s1. The van der Waals surface area contributed by atoms with Gasteiger partial charge in [-0.3, -0.25) is 4.79 Å². The van der Waals surface area contributed by atoms with Crippen LogP contribution in [-0.2, 0) is 14.3 Å². The van der Waals surface area contributed by atoms with Crippen molar-refractivity contribution in [2.45, 2.75) is 79.5 Å². The molecule has 1 saturated heterocycles. The van der Waals surface area contributed by atoms with E-state index in [1.807, 2.05) is 34.6 Å². The first-order valence-corrected chi connectivity index (χ1v) is 9.16. The summed E-state index contributed by atoms with van der Waals surface area (Å²) in [7, 11) is 0. The number of ether oxygens (including phenoxy) is 1. The fourth-order valence-electron chi connectivity index (χ4n) is 3.07. The van der Waals surface area contributed by atoms with Crippen LogP contribution in [0.4, 0.5) is 4.79 Å². The average molecular weight is 370 g/mol. The molecule has 3 atom stereocenters. The fourth-order valence-corrected chi connectivity index (χ4v) is 3.07. The van der Waals surface area contributed by atoms with Crippen LogP contribution in [-0.4, -0.2) is 52.2 Å². The molecule has 0 bridgehead atoms. The summed E-state index contributed by atoms with van der Waals surface area (Å²) in [6, 6.07) is -1.73. The van der Waals surface area contributed by atoms with E-state index in [0.717, 1.165) is 0 Å². The minimum Gasteiger partial charge on any atom is -0.480 e. The van der Waals surface area contributed by atoms with Gasteiger partial charge in [-0.05, 0) is 44.4 Å². The van der Waals surface area contributed by atoms with Crippen molar-refractivity contribution in [1.82, 2.24) is 10.2 Å². The monoisotopic (exact) mass is 370 g/mol. The summed E-state index contributed by atoms with van der Waals surface area (Å²) >= 11 is 0. The van der Waals surface area contributed by atoms with Gasteiger partial charge >= 0.3 is 12.1 Å². The maximum Gasteiger partial charge on any atom is 0.408 e. The van der Waals surface area contributed by atoms with E-state index < -0.39 is 35.2 Å². The molecule has 0 aromatic rings. The van der Waals surface area contributed by atoms with E-state index in [1.54, 1.807) is 20.8 Å². The second kappa shape index (κ2) is 7.84. The third-order valence-corrected chi connectivity index (χ3v) is 4.62. The van der Waals surface area contributed by atoms with Crippen molar-refractivity contribution in [3.05, 3.63) is 0 Å². The highest BCUT2D eigenvalue weighted by Gasteiger charge is 2.45. The van der Waals surface area contributed by atoms with Crippen LogP contribution in [0.1, 0.15) is 61.8 Å². The summed E-state index contributed by atoms with van der Waals surface area (Å²) in [5, 5.41) is 12.2. The third-order valence-electron chi connectivity index (χ3n) is 4.62. The lowest BCUT2D eigenvalue weighted by Gasteiger charge is -2.35. The number of carbonyl (C=O) groups excluding carboxylic acids is 2. The Kier molecular flexibility index (Phi) is 6.71. The Labute approximate surface area is 156 Å². The molecule has 0 aromatic heterocycles. The number of nitrogens with one attached hydrogen (secondary N) is 1. The van der Waals surface area contributed by atoms with Crippen LogP contribution in [0.3, 0.4) is 0 Å². The van der Waals surface area contributed by atoms with Crippen molar-refractivity contribution in [3.8, 4) is 0 Å². The first-order valence-electron chi connectivity index (χ1n) is 9.16. The largest absolute Gasteiger partial charge is 0.480 e. The molecular weight excluding hydrogens is 336 g/mol. The predicted molar refractivity (Wildman–Crippen MR) is 98.7 cm³/mol. The number of carboxylic acids is 1. The fraction of sp³-hybridized carbons (Fsp3) is 0.842. The Morgan fingerprint density at radius 1 is 1.12 bits per heavy atom. The molecule has 2 amide bonds. The lowest BCUT2D eigenvalue weighted by atomic mass is 9.85. The summed E-state index contributed by atoms with van der Waals surface area (Å²) in [6.45, 7) is 15.2. The second-order valence-electron chi connectivity index (χ2n) is 9.53. The van der Waals surface area contributed by atoms with Crippen LogP contribution in [0.2, 0.25) is 0 Å². The molecule has 0 spiro atoms. The van der Waals surface area contributed by atoms with Gasteiger partial charge in [0, 0.05) is 6.54 Å². The number of nitrogens with zero attached hydrogens (tertiary/aromatic N) is 1. The van der Waals surface area contributed by atoms with Gasteiger partial charge in [-0.2, -0.15) is 0 Å². The first kappa shape index (κ1) is 22.3. The van der Waals surface area contributed by atoms with Crippen LogP contribution in [0.25, 0.3) is 0 Å². The summed E-state index contributed by atoms with van der Waals surface area (Å²) in [5.74, 6) is -0.978. The number of carboxylic acid groups (broad SMARTS) is 1. The zero-order chi connectivity index (χ0) is 20.4. The van der Waals surface area contributed by atoms with Crippen LogP contribution >= 0.6 is 0 Å². The maximum absolute atomic E-state index is 13.2. The number of aliphatic carboxylic acids is 1. The van der Waals surface area contributed by atoms with Gasteiger partial charge in [0.15, 0.2) is 0 Å². The van der Waals surface area contributed by atoms with Gasteiger partial charge < -0.3 is 20.1 Å². The number of amides is 2. The molecule has 150 valence electrons. The SMILES string of the molecule is CC(C)[C@H]1C[C@@H](C(=O)O)N(C(=O)C(NC(=O)OC(C)(C)C)C(C)(C)C)C1. The molecule has 1 heterocycles. The summed E-state index contributed by atoms with van der Waals surface area (Å²) in [4.78, 5) is 38.4. The molecule has 26 heavy (non-hydrogen) atoms. The van der Waals surface area contributed by atoms with E-state index in [-0.39, 0.29) is 17.7 Å². The van der Waals surface area contributed by atoms with Crippen molar-refractivity contribution in [3.63, 3.8) is 0 Å². The van der Waals surface area contributed by atoms with E-state index in [0.29, 0.717) is 13.0 Å². The van der Waals surface area contributed by atoms with Crippen molar-refractivity contribution in [1.29, 1.82) is 0 Å². The molecule has 1 unspecified atom stereocenters. The molecule has 0 aliphatic carbocycles. The van der Waals surface area contributed by atoms with Crippen molar-refractivity contribution >= 4 is 18.0 Å². The topological polar surface area (TPSA) is 95.9 Å². The molecule has 7 heteroatoms. The smallest absolute Gasteiger partial charge is 0.408 e. The molecule has 7 nitrogen and oxygen atoms in total. The molecule has 0 aromatic carbocycles. The third kappa shape index (κ3) is 5.88. The van der Waals surface area contributed by atoms with Gasteiger partial charge in [-0.15, -0.1) is 0 Å². The van der Waals surface area contributed by atoms with E-state index in [2.05, 4.69) is 5.32 Å². The number of carbonyl (C=O) groups is 3. The molecule has 0 radical (unpaired) electrons. The summed E-state index contributed by atoms with van der Waals surface area (Å²) in [6.07, 6.45) is -0.251. The van der Waals surface area contributed by atoms with E-state index in [1.165, 1.54) is 4.90 Å². The number of hydrogen-bond acceptors (Lipinski definition) is 4. The van der Waals surface area contributed by atoms with Gasteiger partial charge in [0.1, 0.15) is 17.7 Å². The lowest BCUT2D eigenvalue weighted by Crippen LogP contribution is -2.57. The van der Waals surface area contributed by atoms with Crippen molar-refractivity contribution in [2.75, 3.05) is 6.54 Å². The zero-order valence-corrected chi connectivity index (χ0v) is 17.3. The first-order chi connectivity index (χ1) is 11.6. The molecule has 1 fully saturated rings. The highest BCUT2D eigenvalue weighted by molar-refractivity contribution is 5.90. The quantitative estimate of drug-likeness (QED) is 0.793. The zero-order valence-electron chi connectivity index (χ0n) is 17.3. The van der Waals surface area contributed by atoms with E-state index >= 15 is 0 Å². The van der Waals surface area contributed by atoms with E-state index in [9.17, 15) is 19.5 Å².